The number of benzene rings is 1. The van der Waals surface area contributed by atoms with Gasteiger partial charge in [-0.25, -0.2) is 0 Å². The zero-order valence-corrected chi connectivity index (χ0v) is 15.9. The zero-order valence-electron chi connectivity index (χ0n) is 15.9. The van der Waals surface area contributed by atoms with E-state index in [1.54, 1.807) is 24.3 Å². The van der Waals surface area contributed by atoms with Crippen LogP contribution in [0.3, 0.4) is 0 Å². The molecule has 1 aromatic rings. The zero-order chi connectivity index (χ0) is 19.1. The molecule has 2 amide bonds. The van der Waals surface area contributed by atoms with Crippen LogP contribution in [-0.2, 0) is 9.59 Å². The highest BCUT2D eigenvalue weighted by Gasteiger charge is 2.31. The van der Waals surface area contributed by atoms with Crippen LogP contribution in [0.2, 0.25) is 0 Å². The van der Waals surface area contributed by atoms with E-state index in [1.165, 1.54) is 12.8 Å². The van der Waals surface area contributed by atoms with E-state index in [9.17, 15) is 9.59 Å². The molecular weight excluding hydrogens is 328 g/mol. The summed E-state index contributed by atoms with van der Waals surface area (Å²) < 4.78 is 5.21. The van der Waals surface area contributed by atoms with Gasteiger partial charge in [-0.3, -0.25) is 9.59 Å². The summed E-state index contributed by atoms with van der Waals surface area (Å²) in [5.74, 6) is 1.79. The van der Waals surface area contributed by atoms with Crippen LogP contribution < -0.4 is 15.8 Å². The standard InChI is InChI=1S/C21H30N2O3/c1-14(2)18-10-4-15(3)12-19(18)23-21(25)11-7-16-5-8-17(9-6-16)26-13-20(22)24/h5-9,11,14-15,18-19H,4,10,12-13H2,1-3H3,(H2,22,24)(H,23,25)/b11-7+. The molecule has 3 N–H and O–H groups in total. The van der Waals surface area contributed by atoms with Gasteiger partial charge >= 0.3 is 0 Å². The maximum absolute atomic E-state index is 12.3. The minimum absolute atomic E-state index is 0.0520. The van der Waals surface area contributed by atoms with Crippen LogP contribution in [0.15, 0.2) is 30.3 Å². The predicted octanol–water partition coefficient (Wildman–Crippen LogP) is 3.14. The summed E-state index contributed by atoms with van der Waals surface area (Å²) in [5.41, 5.74) is 5.94. The number of carbonyl (C=O) groups excluding carboxylic acids is 2. The fourth-order valence-corrected chi connectivity index (χ4v) is 3.60. The van der Waals surface area contributed by atoms with Crippen LogP contribution in [0.5, 0.6) is 5.75 Å². The van der Waals surface area contributed by atoms with Crippen molar-refractivity contribution in [3.8, 4) is 5.75 Å². The molecular formula is C21H30N2O3. The molecule has 1 saturated carbocycles. The lowest BCUT2D eigenvalue weighted by molar-refractivity contribution is -0.120. The van der Waals surface area contributed by atoms with Crippen molar-refractivity contribution < 1.29 is 14.3 Å². The number of hydrogen-bond donors (Lipinski definition) is 2. The molecule has 142 valence electrons. The average molecular weight is 358 g/mol. The van der Waals surface area contributed by atoms with Crippen LogP contribution in [-0.4, -0.2) is 24.5 Å². The minimum Gasteiger partial charge on any atom is -0.484 e. The number of primary amides is 1. The highest BCUT2D eigenvalue weighted by atomic mass is 16.5. The summed E-state index contributed by atoms with van der Waals surface area (Å²) in [6.45, 7) is 6.58. The summed E-state index contributed by atoms with van der Waals surface area (Å²) >= 11 is 0. The Balaban J connectivity index is 1.90. The topological polar surface area (TPSA) is 81.4 Å². The molecule has 1 fully saturated rings. The number of ether oxygens (including phenoxy) is 1. The van der Waals surface area contributed by atoms with Gasteiger partial charge in [0.1, 0.15) is 5.75 Å². The summed E-state index contributed by atoms with van der Waals surface area (Å²) in [6.07, 6.45) is 6.84. The van der Waals surface area contributed by atoms with Gasteiger partial charge < -0.3 is 15.8 Å². The molecule has 26 heavy (non-hydrogen) atoms. The smallest absolute Gasteiger partial charge is 0.255 e. The van der Waals surface area contributed by atoms with Gasteiger partial charge in [0, 0.05) is 12.1 Å². The molecule has 0 heterocycles. The first-order chi connectivity index (χ1) is 12.3. The SMILES string of the molecule is CC1CCC(C(C)C)C(NC(=O)/C=C/c2ccc(OCC(N)=O)cc2)C1. The fourth-order valence-electron chi connectivity index (χ4n) is 3.60. The lowest BCUT2D eigenvalue weighted by atomic mass is 9.74. The van der Waals surface area contributed by atoms with Gasteiger partial charge in [0.25, 0.3) is 5.91 Å². The van der Waals surface area contributed by atoms with Crippen LogP contribution in [0.4, 0.5) is 0 Å². The van der Waals surface area contributed by atoms with Crippen molar-refractivity contribution in [2.24, 2.45) is 23.5 Å². The molecule has 3 unspecified atom stereocenters. The fraction of sp³-hybridized carbons (Fsp3) is 0.524. The van der Waals surface area contributed by atoms with Crippen molar-refractivity contribution in [1.82, 2.24) is 5.32 Å². The van der Waals surface area contributed by atoms with Gasteiger partial charge in [0.15, 0.2) is 6.61 Å². The van der Waals surface area contributed by atoms with Crippen molar-refractivity contribution >= 4 is 17.9 Å². The van der Waals surface area contributed by atoms with E-state index >= 15 is 0 Å². The molecule has 0 radical (unpaired) electrons. The van der Waals surface area contributed by atoms with Crippen molar-refractivity contribution in [2.45, 2.75) is 46.1 Å². The second kappa shape index (κ2) is 9.41. The molecule has 1 aliphatic carbocycles. The van der Waals surface area contributed by atoms with Gasteiger partial charge in [-0.15, -0.1) is 0 Å². The van der Waals surface area contributed by atoms with Crippen molar-refractivity contribution in [3.63, 3.8) is 0 Å². The van der Waals surface area contributed by atoms with Gasteiger partial charge in [-0.2, -0.15) is 0 Å². The van der Waals surface area contributed by atoms with E-state index in [1.807, 2.05) is 12.1 Å². The highest BCUT2D eigenvalue weighted by Crippen LogP contribution is 2.33. The third-order valence-corrected chi connectivity index (χ3v) is 5.04. The summed E-state index contributed by atoms with van der Waals surface area (Å²) in [5, 5.41) is 3.19. The molecule has 0 aliphatic heterocycles. The van der Waals surface area contributed by atoms with Crippen LogP contribution >= 0.6 is 0 Å². The molecule has 1 aromatic carbocycles. The molecule has 1 aliphatic rings. The average Bonchev–Trinajstić information content (AvgIpc) is 2.59. The maximum atomic E-state index is 12.3. The molecule has 0 spiro atoms. The quantitative estimate of drug-likeness (QED) is 0.735. The van der Waals surface area contributed by atoms with Crippen LogP contribution in [0.1, 0.15) is 45.6 Å². The van der Waals surface area contributed by atoms with E-state index < -0.39 is 5.91 Å². The molecule has 0 aromatic heterocycles. The van der Waals surface area contributed by atoms with E-state index in [0.717, 1.165) is 12.0 Å². The Hall–Kier alpha value is -2.30. The third-order valence-electron chi connectivity index (χ3n) is 5.04. The summed E-state index contributed by atoms with van der Waals surface area (Å²) in [7, 11) is 0. The molecule has 5 heteroatoms. The van der Waals surface area contributed by atoms with E-state index in [0.29, 0.717) is 23.5 Å². The Morgan fingerprint density at radius 1 is 1.27 bits per heavy atom. The Morgan fingerprint density at radius 3 is 2.58 bits per heavy atom. The third kappa shape index (κ3) is 6.21. The van der Waals surface area contributed by atoms with E-state index in [-0.39, 0.29) is 18.6 Å². The summed E-state index contributed by atoms with van der Waals surface area (Å²) in [6, 6.07) is 7.41. The Bertz CT molecular complexity index is 637. The number of nitrogens with one attached hydrogen (secondary N) is 1. The van der Waals surface area contributed by atoms with E-state index in [4.69, 9.17) is 10.5 Å². The number of carbonyl (C=O) groups is 2. The van der Waals surface area contributed by atoms with Crippen LogP contribution in [0.25, 0.3) is 6.08 Å². The second-order valence-electron chi connectivity index (χ2n) is 7.60. The van der Waals surface area contributed by atoms with Gasteiger partial charge in [0.05, 0.1) is 0 Å². The highest BCUT2D eigenvalue weighted by molar-refractivity contribution is 5.91. The number of amides is 2. The molecule has 3 atom stereocenters. The largest absolute Gasteiger partial charge is 0.484 e. The number of nitrogens with two attached hydrogens (primary N) is 1. The normalized spacial score (nSPS) is 23.2. The first-order valence-electron chi connectivity index (χ1n) is 9.35. The number of hydrogen-bond acceptors (Lipinski definition) is 3. The number of rotatable bonds is 7. The Labute approximate surface area is 156 Å². The molecule has 0 saturated heterocycles. The summed E-state index contributed by atoms with van der Waals surface area (Å²) in [4.78, 5) is 23.0. The van der Waals surface area contributed by atoms with Crippen molar-refractivity contribution in [1.29, 1.82) is 0 Å². The Kier molecular flexibility index (Phi) is 7.25. The monoisotopic (exact) mass is 358 g/mol. The molecule has 2 rings (SSSR count). The van der Waals surface area contributed by atoms with Gasteiger partial charge in [0.2, 0.25) is 5.91 Å². The molecule has 5 nitrogen and oxygen atoms in total. The van der Waals surface area contributed by atoms with Crippen molar-refractivity contribution in [3.05, 3.63) is 35.9 Å². The first kappa shape index (κ1) is 20.0. The van der Waals surface area contributed by atoms with E-state index in [2.05, 4.69) is 26.1 Å². The predicted molar refractivity (Wildman–Crippen MR) is 103 cm³/mol. The van der Waals surface area contributed by atoms with Gasteiger partial charge in [-0.05, 0) is 54.4 Å². The maximum Gasteiger partial charge on any atom is 0.255 e. The lowest BCUT2D eigenvalue weighted by Crippen LogP contribution is -2.45. The lowest BCUT2D eigenvalue weighted by Gasteiger charge is -2.37. The molecule has 0 bridgehead atoms. The van der Waals surface area contributed by atoms with Crippen LogP contribution in [0, 0.1) is 17.8 Å². The Morgan fingerprint density at radius 2 is 1.96 bits per heavy atom. The van der Waals surface area contributed by atoms with Crippen molar-refractivity contribution in [2.75, 3.05) is 6.61 Å². The first-order valence-corrected chi connectivity index (χ1v) is 9.35. The minimum atomic E-state index is -0.512. The van der Waals surface area contributed by atoms with Gasteiger partial charge in [-0.1, -0.05) is 39.3 Å². The second-order valence-corrected chi connectivity index (χ2v) is 7.60.